The Balaban J connectivity index is 1.80. The average Bonchev–Trinajstić information content (AvgIpc) is 3.18. The lowest BCUT2D eigenvalue weighted by Gasteiger charge is -2.17. The Morgan fingerprint density at radius 3 is 2.50 bits per heavy atom. The van der Waals surface area contributed by atoms with Crippen molar-refractivity contribution in [2.75, 3.05) is 0 Å². The van der Waals surface area contributed by atoms with E-state index in [1.54, 1.807) is 6.07 Å². The third-order valence-corrected chi connectivity index (χ3v) is 5.48. The van der Waals surface area contributed by atoms with E-state index in [-0.39, 0.29) is 23.3 Å². The number of rotatable bonds is 5. The molecule has 2 heterocycles. The first-order valence-electron chi connectivity index (χ1n) is 9.24. The number of amides is 2. The van der Waals surface area contributed by atoms with E-state index >= 15 is 0 Å². The van der Waals surface area contributed by atoms with Crippen LogP contribution >= 0.6 is 15.9 Å². The van der Waals surface area contributed by atoms with Crippen LogP contribution in [0.4, 0.5) is 0 Å². The number of halogens is 1. The second kappa shape index (κ2) is 8.08. The molecule has 150 valence electrons. The maximum atomic E-state index is 13.2. The zero-order chi connectivity index (χ0) is 21.3. The van der Waals surface area contributed by atoms with Crippen LogP contribution in [0.25, 0.3) is 16.9 Å². The topological polar surface area (TPSA) is 102 Å². The van der Waals surface area contributed by atoms with Crippen LogP contribution in [0.1, 0.15) is 39.5 Å². The van der Waals surface area contributed by atoms with Gasteiger partial charge in [-0.1, -0.05) is 64.5 Å². The molecule has 4 rings (SSSR count). The SMILES string of the molecule is C[C@@H](NC(=O)c1cc(-c2ccccc2)nc2c(C(N)=O)ncn12)c1ccccc1Br. The molecule has 0 unspecified atom stereocenters. The van der Waals surface area contributed by atoms with Gasteiger partial charge in [-0.25, -0.2) is 9.97 Å². The number of fused-ring (bicyclic) bond motifs is 1. The van der Waals surface area contributed by atoms with E-state index < -0.39 is 5.91 Å². The Morgan fingerprint density at radius 1 is 1.10 bits per heavy atom. The maximum Gasteiger partial charge on any atom is 0.271 e. The fraction of sp³-hybridized carbons (Fsp3) is 0.0909. The summed E-state index contributed by atoms with van der Waals surface area (Å²) in [6, 6.07) is 18.5. The van der Waals surface area contributed by atoms with Crippen molar-refractivity contribution in [3.63, 3.8) is 0 Å². The Hall–Kier alpha value is -3.52. The van der Waals surface area contributed by atoms with Crippen molar-refractivity contribution in [3.8, 4) is 11.3 Å². The highest BCUT2D eigenvalue weighted by molar-refractivity contribution is 9.10. The molecule has 0 spiro atoms. The van der Waals surface area contributed by atoms with Crippen LogP contribution in [0.5, 0.6) is 0 Å². The van der Waals surface area contributed by atoms with Gasteiger partial charge in [0.15, 0.2) is 11.3 Å². The molecular weight excluding hydrogens is 446 g/mol. The van der Waals surface area contributed by atoms with Gasteiger partial charge in [0, 0.05) is 10.0 Å². The van der Waals surface area contributed by atoms with Gasteiger partial charge >= 0.3 is 0 Å². The fourth-order valence-electron chi connectivity index (χ4n) is 3.25. The van der Waals surface area contributed by atoms with Gasteiger partial charge in [-0.05, 0) is 24.6 Å². The Morgan fingerprint density at radius 2 is 1.80 bits per heavy atom. The van der Waals surface area contributed by atoms with Crippen LogP contribution < -0.4 is 11.1 Å². The molecule has 0 fully saturated rings. The van der Waals surface area contributed by atoms with Crippen molar-refractivity contribution in [1.82, 2.24) is 19.7 Å². The summed E-state index contributed by atoms with van der Waals surface area (Å²) in [6.07, 6.45) is 1.38. The molecule has 3 N–H and O–H groups in total. The lowest BCUT2D eigenvalue weighted by Crippen LogP contribution is -2.28. The van der Waals surface area contributed by atoms with E-state index in [2.05, 4.69) is 31.2 Å². The van der Waals surface area contributed by atoms with Crippen molar-refractivity contribution in [1.29, 1.82) is 0 Å². The van der Waals surface area contributed by atoms with Crippen LogP contribution in [0.2, 0.25) is 0 Å². The summed E-state index contributed by atoms with van der Waals surface area (Å²) in [5.41, 5.74) is 8.31. The number of aromatic nitrogens is 3. The molecule has 0 aliphatic rings. The standard InChI is InChI=1S/C22H18BrN5O2/c1-13(15-9-5-6-10-16(15)23)26-22(30)18-11-17(14-7-3-2-4-8-14)27-21-19(20(24)29)25-12-28(18)21/h2-13H,1H3,(H2,24,29)(H,26,30)/t13-/m1/s1. The van der Waals surface area contributed by atoms with E-state index in [4.69, 9.17) is 5.73 Å². The van der Waals surface area contributed by atoms with Crippen LogP contribution in [0.15, 0.2) is 71.5 Å². The highest BCUT2D eigenvalue weighted by atomic mass is 79.9. The minimum absolute atomic E-state index is 0.0145. The predicted molar refractivity (Wildman–Crippen MR) is 117 cm³/mol. The van der Waals surface area contributed by atoms with Crippen molar-refractivity contribution in [2.45, 2.75) is 13.0 Å². The summed E-state index contributed by atoms with van der Waals surface area (Å²) in [5.74, 6) is -1.03. The zero-order valence-corrected chi connectivity index (χ0v) is 17.6. The first-order valence-corrected chi connectivity index (χ1v) is 10.0. The summed E-state index contributed by atoms with van der Waals surface area (Å²) in [7, 11) is 0. The molecule has 2 amide bonds. The highest BCUT2D eigenvalue weighted by Crippen LogP contribution is 2.24. The number of hydrogen-bond acceptors (Lipinski definition) is 4. The van der Waals surface area contributed by atoms with E-state index in [1.807, 2.05) is 61.5 Å². The maximum absolute atomic E-state index is 13.2. The summed E-state index contributed by atoms with van der Waals surface area (Å²) in [5, 5.41) is 3.00. The number of imidazole rings is 1. The van der Waals surface area contributed by atoms with Crippen LogP contribution in [0, 0.1) is 0 Å². The fourth-order valence-corrected chi connectivity index (χ4v) is 3.88. The number of carbonyl (C=O) groups is 2. The smallest absolute Gasteiger partial charge is 0.271 e. The van der Waals surface area contributed by atoms with Crippen LogP contribution in [-0.4, -0.2) is 26.2 Å². The van der Waals surface area contributed by atoms with Gasteiger partial charge in [0.25, 0.3) is 11.8 Å². The number of benzene rings is 2. The largest absolute Gasteiger partial charge is 0.364 e. The van der Waals surface area contributed by atoms with Crippen LogP contribution in [0.3, 0.4) is 0 Å². The number of carbonyl (C=O) groups excluding carboxylic acids is 2. The van der Waals surface area contributed by atoms with Crippen molar-refractivity contribution in [2.24, 2.45) is 5.73 Å². The van der Waals surface area contributed by atoms with E-state index in [1.165, 1.54) is 10.7 Å². The van der Waals surface area contributed by atoms with E-state index in [0.717, 1.165) is 15.6 Å². The number of nitrogens with one attached hydrogen (secondary N) is 1. The minimum atomic E-state index is -0.705. The van der Waals surface area contributed by atoms with Gasteiger partial charge < -0.3 is 11.1 Å². The summed E-state index contributed by atoms with van der Waals surface area (Å²) in [4.78, 5) is 33.6. The van der Waals surface area contributed by atoms with Gasteiger partial charge in [-0.3, -0.25) is 14.0 Å². The van der Waals surface area contributed by atoms with Gasteiger partial charge in [0.05, 0.1) is 11.7 Å². The van der Waals surface area contributed by atoms with Gasteiger partial charge in [-0.2, -0.15) is 0 Å². The van der Waals surface area contributed by atoms with Gasteiger partial charge in [0.1, 0.15) is 12.0 Å². The molecule has 2 aromatic heterocycles. The van der Waals surface area contributed by atoms with E-state index in [0.29, 0.717) is 11.4 Å². The minimum Gasteiger partial charge on any atom is -0.364 e. The van der Waals surface area contributed by atoms with Gasteiger partial charge in [0.2, 0.25) is 0 Å². The first-order chi connectivity index (χ1) is 14.5. The molecule has 8 heteroatoms. The summed E-state index contributed by atoms with van der Waals surface area (Å²) < 4.78 is 2.38. The molecule has 0 saturated carbocycles. The third kappa shape index (κ3) is 3.69. The lowest BCUT2D eigenvalue weighted by atomic mass is 10.1. The lowest BCUT2D eigenvalue weighted by molar-refractivity contribution is 0.0931. The number of nitrogens with zero attached hydrogens (tertiary/aromatic N) is 3. The second-order valence-electron chi connectivity index (χ2n) is 6.76. The summed E-state index contributed by atoms with van der Waals surface area (Å²) in [6.45, 7) is 1.90. The second-order valence-corrected chi connectivity index (χ2v) is 7.61. The van der Waals surface area contributed by atoms with Gasteiger partial charge in [-0.15, -0.1) is 0 Å². The number of nitrogens with two attached hydrogens (primary N) is 1. The molecular formula is C22H18BrN5O2. The summed E-state index contributed by atoms with van der Waals surface area (Å²) >= 11 is 3.52. The average molecular weight is 464 g/mol. The highest BCUT2D eigenvalue weighted by Gasteiger charge is 2.21. The van der Waals surface area contributed by atoms with Crippen molar-refractivity contribution in [3.05, 3.63) is 88.4 Å². The van der Waals surface area contributed by atoms with Crippen molar-refractivity contribution >= 4 is 33.4 Å². The predicted octanol–water partition coefficient (Wildman–Crippen LogP) is 3.75. The first kappa shape index (κ1) is 19.8. The molecule has 0 bridgehead atoms. The molecule has 1 atom stereocenters. The normalized spacial score (nSPS) is 11.9. The molecule has 4 aromatic rings. The quantitative estimate of drug-likeness (QED) is 0.470. The number of hydrogen-bond donors (Lipinski definition) is 2. The number of primary amides is 1. The molecule has 0 aliphatic heterocycles. The van der Waals surface area contributed by atoms with E-state index in [9.17, 15) is 9.59 Å². The Bertz CT molecular complexity index is 1250. The molecule has 0 radical (unpaired) electrons. The monoisotopic (exact) mass is 463 g/mol. The Labute approximate surface area is 181 Å². The Kier molecular flexibility index (Phi) is 5.33. The van der Waals surface area contributed by atoms with Crippen molar-refractivity contribution < 1.29 is 9.59 Å². The third-order valence-electron chi connectivity index (χ3n) is 4.76. The molecule has 7 nitrogen and oxygen atoms in total. The molecule has 0 saturated heterocycles. The molecule has 0 aliphatic carbocycles. The molecule has 2 aromatic carbocycles. The zero-order valence-electron chi connectivity index (χ0n) is 16.0. The molecule has 30 heavy (non-hydrogen) atoms. The van der Waals surface area contributed by atoms with Crippen LogP contribution in [-0.2, 0) is 0 Å².